The second kappa shape index (κ2) is 6.43. The highest BCUT2D eigenvalue weighted by Gasteiger charge is 2.11. The zero-order chi connectivity index (χ0) is 13.7. The third kappa shape index (κ3) is 3.86. The van der Waals surface area contributed by atoms with E-state index < -0.39 is 10.8 Å². The van der Waals surface area contributed by atoms with Gasteiger partial charge in [0.2, 0.25) is 0 Å². The Morgan fingerprint density at radius 2 is 1.63 bits per heavy atom. The van der Waals surface area contributed by atoms with E-state index in [-0.39, 0.29) is 11.5 Å². The Balaban J connectivity index is 1.99. The van der Waals surface area contributed by atoms with Crippen LogP contribution in [0.2, 0.25) is 0 Å². The Hall–Kier alpha value is -1.74. The summed E-state index contributed by atoms with van der Waals surface area (Å²) < 4.78 is 12.0. The molecule has 0 amide bonds. The first kappa shape index (κ1) is 13.7. The highest BCUT2D eigenvalue weighted by Crippen LogP contribution is 2.11. The van der Waals surface area contributed by atoms with E-state index in [9.17, 15) is 9.00 Å². The average Bonchev–Trinajstić information content (AvgIpc) is 2.42. The second-order valence-corrected chi connectivity index (χ2v) is 5.90. The third-order valence-electron chi connectivity index (χ3n) is 2.97. The predicted octanol–water partition coefficient (Wildman–Crippen LogP) is 3.13. The van der Waals surface area contributed by atoms with E-state index in [0.29, 0.717) is 11.3 Å². The van der Waals surface area contributed by atoms with Crippen molar-refractivity contribution in [3.8, 4) is 0 Å². The summed E-state index contributed by atoms with van der Waals surface area (Å²) in [5, 5.41) is 0. The maximum Gasteiger partial charge on any atom is 0.175 e. The van der Waals surface area contributed by atoms with Crippen LogP contribution >= 0.6 is 0 Å². The molecule has 2 rings (SSSR count). The van der Waals surface area contributed by atoms with Gasteiger partial charge in [-0.1, -0.05) is 54.6 Å². The minimum Gasteiger partial charge on any atom is -0.293 e. The first-order valence-electron chi connectivity index (χ1n) is 6.14. The summed E-state index contributed by atoms with van der Waals surface area (Å²) in [6.45, 7) is 1.99. The number of Topliss-reactive ketones (excluding diaryl/α,β-unsaturated/α-hetero) is 1. The Morgan fingerprint density at radius 1 is 1.00 bits per heavy atom. The summed E-state index contributed by atoms with van der Waals surface area (Å²) in [6, 6.07) is 16.8. The maximum atomic E-state index is 12.0. The number of ketones is 1. The van der Waals surface area contributed by atoms with Gasteiger partial charge < -0.3 is 0 Å². The van der Waals surface area contributed by atoms with Crippen LogP contribution in [0.3, 0.4) is 0 Å². The summed E-state index contributed by atoms with van der Waals surface area (Å²) in [5.74, 6) is 0.455. The van der Waals surface area contributed by atoms with E-state index >= 15 is 0 Å². The van der Waals surface area contributed by atoms with Crippen LogP contribution < -0.4 is 0 Å². The first-order valence-corrected chi connectivity index (χ1v) is 7.63. The zero-order valence-electron chi connectivity index (χ0n) is 10.8. The lowest BCUT2D eigenvalue weighted by Gasteiger charge is -2.05. The summed E-state index contributed by atoms with van der Waals surface area (Å²) in [7, 11) is -1.16. The number of benzene rings is 2. The van der Waals surface area contributed by atoms with Crippen molar-refractivity contribution in [2.24, 2.45) is 0 Å². The normalized spacial score (nSPS) is 12.1. The van der Waals surface area contributed by atoms with Crippen molar-refractivity contribution >= 4 is 16.6 Å². The minimum atomic E-state index is -1.16. The number of rotatable bonds is 5. The monoisotopic (exact) mass is 272 g/mol. The molecule has 0 heterocycles. The van der Waals surface area contributed by atoms with Crippen LogP contribution in [-0.4, -0.2) is 15.7 Å². The molecule has 0 aromatic heterocycles. The van der Waals surface area contributed by atoms with Gasteiger partial charge in [-0.2, -0.15) is 0 Å². The fourth-order valence-corrected chi connectivity index (χ4v) is 3.08. The molecule has 2 aromatic rings. The molecule has 0 saturated heterocycles. The second-order valence-electron chi connectivity index (χ2n) is 4.44. The SMILES string of the molecule is Cc1ccccc1CS(=O)CC(=O)c1ccccc1. The van der Waals surface area contributed by atoms with Crippen molar-refractivity contribution in [3.63, 3.8) is 0 Å². The quantitative estimate of drug-likeness (QED) is 0.784. The molecule has 0 spiro atoms. The molecule has 2 aromatic carbocycles. The van der Waals surface area contributed by atoms with Crippen molar-refractivity contribution in [1.29, 1.82) is 0 Å². The maximum absolute atomic E-state index is 12.0. The molecular weight excluding hydrogens is 256 g/mol. The smallest absolute Gasteiger partial charge is 0.175 e. The number of hydrogen-bond acceptors (Lipinski definition) is 2. The van der Waals surface area contributed by atoms with Gasteiger partial charge >= 0.3 is 0 Å². The number of carbonyl (C=O) groups excluding carboxylic acids is 1. The Kier molecular flexibility index (Phi) is 4.63. The number of hydrogen-bond donors (Lipinski definition) is 0. The van der Waals surface area contributed by atoms with E-state index in [1.807, 2.05) is 49.4 Å². The van der Waals surface area contributed by atoms with Gasteiger partial charge in [-0.3, -0.25) is 9.00 Å². The molecule has 3 heteroatoms. The highest BCUT2D eigenvalue weighted by atomic mass is 32.2. The highest BCUT2D eigenvalue weighted by molar-refractivity contribution is 7.85. The first-order chi connectivity index (χ1) is 9.16. The van der Waals surface area contributed by atoms with Crippen molar-refractivity contribution in [3.05, 3.63) is 71.3 Å². The largest absolute Gasteiger partial charge is 0.293 e. The van der Waals surface area contributed by atoms with Crippen LogP contribution in [0.15, 0.2) is 54.6 Å². The minimum absolute atomic E-state index is 0.0625. The van der Waals surface area contributed by atoms with Crippen molar-refractivity contribution in [1.82, 2.24) is 0 Å². The Bertz CT molecular complexity index is 591. The summed E-state index contributed by atoms with van der Waals surface area (Å²) in [6.07, 6.45) is 0. The predicted molar refractivity (Wildman–Crippen MR) is 78.7 cm³/mol. The molecule has 1 unspecified atom stereocenters. The van der Waals surface area contributed by atoms with E-state index in [4.69, 9.17) is 0 Å². The zero-order valence-corrected chi connectivity index (χ0v) is 11.7. The molecule has 0 aliphatic rings. The molecule has 0 bridgehead atoms. The van der Waals surface area contributed by atoms with Crippen LogP contribution in [-0.2, 0) is 16.6 Å². The molecule has 0 radical (unpaired) electrons. The lowest BCUT2D eigenvalue weighted by molar-refractivity contribution is 0.102. The van der Waals surface area contributed by atoms with Gasteiger partial charge in [-0.15, -0.1) is 0 Å². The molecule has 0 aliphatic carbocycles. The lowest BCUT2D eigenvalue weighted by Crippen LogP contribution is -2.12. The Morgan fingerprint density at radius 3 is 2.32 bits per heavy atom. The van der Waals surface area contributed by atoms with Gasteiger partial charge in [0.25, 0.3) is 0 Å². The van der Waals surface area contributed by atoms with Crippen LogP contribution in [0.5, 0.6) is 0 Å². The molecule has 0 aliphatic heterocycles. The van der Waals surface area contributed by atoms with E-state index in [0.717, 1.165) is 11.1 Å². The molecule has 19 heavy (non-hydrogen) atoms. The van der Waals surface area contributed by atoms with Gasteiger partial charge in [0.15, 0.2) is 5.78 Å². The van der Waals surface area contributed by atoms with E-state index in [2.05, 4.69) is 0 Å². The van der Waals surface area contributed by atoms with Crippen molar-refractivity contribution < 1.29 is 9.00 Å². The third-order valence-corrected chi connectivity index (χ3v) is 4.18. The van der Waals surface area contributed by atoms with Gasteiger partial charge in [-0.05, 0) is 18.1 Å². The fourth-order valence-electron chi connectivity index (χ4n) is 1.85. The van der Waals surface area contributed by atoms with E-state index in [1.54, 1.807) is 12.1 Å². The summed E-state index contributed by atoms with van der Waals surface area (Å²) >= 11 is 0. The molecule has 2 nitrogen and oxygen atoms in total. The van der Waals surface area contributed by atoms with Gasteiger partial charge in [0, 0.05) is 22.1 Å². The molecule has 0 fully saturated rings. The van der Waals surface area contributed by atoms with Gasteiger partial charge in [-0.25, -0.2) is 0 Å². The summed E-state index contributed by atoms with van der Waals surface area (Å²) in [4.78, 5) is 11.9. The lowest BCUT2D eigenvalue weighted by atomic mass is 10.1. The van der Waals surface area contributed by atoms with E-state index in [1.165, 1.54) is 0 Å². The average molecular weight is 272 g/mol. The fraction of sp³-hybridized carbons (Fsp3) is 0.188. The molecule has 98 valence electrons. The Labute approximate surface area is 115 Å². The number of carbonyl (C=O) groups is 1. The van der Waals surface area contributed by atoms with Crippen LogP contribution in [0.4, 0.5) is 0 Å². The standard InChI is InChI=1S/C16H16O2S/c1-13-7-5-6-10-15(13)11-19(18)12-16(17)14-8-3-2-4-9-14/h2-10H,11-12H2,1H3. The van der Waals surface area contributed by atoms with Crippen molar-refractivity contribution in [2.75, 3.05) is 5.75 Å². The molecular formula is C16H16O2S. The topological polar surface area (TPSA) is 34.1 Å². The molecule has 1 atom stereocenters. The number of aryl methyl sites for hydroxylation is 1. The molecule has 0 saturated carbocycles. The van der Waals surface area contributed by atoms with Crippen LogP contribution in [0, 0.1) is 6.92 Å². The van der Waals surface area contributed by atoms with Crippen molar-refractivity contribution in [2.45, 2.75) is 12.7 Å². The molecule has 0 N–H and O–H groups in total. The van der Waals surface area contributed by atoms with Gasteiger partial charge in [0.05, 0.1) is 5.75 Å². The van der Waals surface area contributed by atoms with Crippen LogP contribution in [0.25, 0.3) is 0 Å². The summed E-state index contributed by atoms with van der Waals surface area (Å²) in [5.41, 5.74) is 2.78. The van der Waals surface area contributed by atoms with Crippen LogP contribution in [0.1, 0.15) is 21.5 Å². The van der Waals surface area contributed by atoms with Gasteiger partial charge in [0.1, 0.15) is 0 Å².